The molecule has 1 saturated heterocycles. The summed E-state index contributed by atoms with van der Waals surface area (Å²) in [6.07, 6.45) is 3.90. The molecule has 0 spiro atoms. The van der Waals surface area contributed by atoms with Gasteiger partial charge in [-0.1, -0.05) is 5.16 Å². The minimum Gasteiger partial charge on any atom is -0.481 e. The van der Waals surface area contributed by atoms with Gasteiger partial charge in [0.25, 0.3) is 5.91 Å². The smallest absolute Gasteiger partial charge is 0.305 e. The van der Waals surface area contributed by atoms with Gasteiger partial charge in [0.2, 0.25) is 0 Å². The van der Waals surface area contributed by atoms with E-state index in [-0.39, 0.29) is 30.7 Å². The van der Waals surface area contributed by atoms with E-state index in [0.717, 1.165) is 31.4 Å². The number of nitrogens with zero attached hydrogens (tertiary/aromatic N) is 2. The summed E-state index contributed by atoms with van der Waals surface area (Å²) in [7, 11) is 0. The van der Waals surface area contributed by atoms with Crippen molar-refractivity contribution in [3.05, 3.63) is 17.5 Å². The van der Waals surface area contributed by atoms with Crippen molar-refractivity contribution in [1.29, 1.82) is 0 Å². The van der Waals surface area contributed by atoms with E-state index in [1.165, 1.54) is 4.90 Å². The van der Waals surface area contributed by atoms with Crippen LogP contribution in [0.5, 0.6) is 0 Å². The second-order valence-electron chi connectivity index (χ2n) is 5.92. The number of carboxylic acids is 1. The third-order valence-corrected chi connectivity index (χ3v) is 4.06. The summed E-state index contributed by atoms with van der Waals surface area (Å²) in [6, 6.07) is 1.68. The number of hydrogen-bond donors (Lipinski definition) is 1. The van der Waals surface area contributed by atoms with Gasteiger partial charge >= 0.3 is 5.97 Å². The number of carboxylic acid groups (broad SMARTS) is 1. The highest BCUT2D eigenvalue weighted by Gasteiger charge is 2.31. The molecule has 0 bridgehead atoms. The quantitative estimate of drug-likeness (QED) is 0.823. The first-order valence-corrected chi connectivity index (χ1v) is 7.73. The molecular weight excluding hydrogens is 288 g/mol. The van der Waals surface area contributed by atoms with E-state index in [0.29, 0.717) is 19.1 Å². The number of carbonyl (C=O) groups is 2. The summed E-state index contributed by atoms with van der Waals surface area (Å²) in [4.78, 5) is 24.9. The Morgan fingerprint density at radius 3 is 2.82 bits per heavy atom. The fourth-order valence-electron chi connectivity index (χ4n) is 2.65. The lowest BCUT2D eigenvalue weighted by atomic mass is 10.2. The fourth-order valence-corrected chi connectivity index (χ4v) is 2.65. The third-order valence-electron chi connectivity index (χ3n) is 4.06. The molecule has 2 aliphatic rings. The molecule has 2 fully saturated rings. The zero-order valence-electron chi connectivity index (χ0n) is 12.4. The fraction of sp³-hybridized carbons (Fsp3) is 0.667. The number of amides is 1. The summed E-state index contributed by atoms with van der Waals surface area (Å²) in [5.41, 5.74) is 0.255. The highest BCUT2D eigenvalue weighted by Crippen LogP contribution is 2.40. The van der Waals surface area contributed by atoms with E-state index in [9.17, 15) is 9.59 Å². The molecule has 1 aromatic rings. The molecule has 2 heterocycles. The molecule has 22 heavy (non-hydrogen) atoms. The summed E-state index contributed by atoms with van der Waals surface area (Å²) < 4.78 is 10.8. The number of ether oxygens (including phenoxy) is 1. The van der Waals surface area contributed by atoms with E-state index in [1.54, 1.807) is 6.07 Å². The van der Waals surface area contributed by atoms with Gasteiger partial charge in [0, 0.05) is 31.7 Å². The van der Waals surface area contributed by atoms with Crippen molar-refractivity contribution >= 4 is 11.9 Å². The van der Waals surface area contributed by atoms with E-state index in [4.69, 9.17) is 14.4 Å². The maximum atomic E-state index is 12.6. The van der Waals surface area contributed by atoms with Crippen LogP contribution in [0.3, 0.4) is 0 Å². The van der Waals surface area contributed by atoms with Gasteiger partial charge < -0.3 is 19.3 Å². The van der Waals surface area contributed by atoms with Crippen LogP contribution < -0.4 is 0 Å². The summed E-state index contributed by atoms with van der Waals surface area (Å²) in [5, 5.41) is 12.7. The van der Waals surface area contributed by atoms with Gasteiger partial charge in [-0.15, -0.1) is 0 Å². The predicted octanol–water partition coefficient (Wildman–Crippen LogP) is 1.65. The molecule has 7 nitrogen and oxygen atoms in total. The van der Waals surface area contributed by atoms with Gasteiger partial charge in [-0.25, -0.2) is 0 Å². The van der Waals surface area contributed by atoms with Gasteiger partial charge in [0.05, 0.1) is 12.5 Å². The van der Waals surface area contributed by atoms with Gasteiger partial charge in [-0.3, -0.25) is 9.59 Å². The minimum absolute atomic E-state index is 0.0208. The zero-order valence-corrected chi connectivity index (χ0v) is 12.4. The normalized spacial score (nSPS) is 21.0. The molecule has 0 aromatic carbocycles. The largest absolute Gasteiger partial charge is 0.481 e. The molecule has 0 radical (unpaired) electrons. The number of aromatic nitrogens is 1. The first-order chi connectivity index (χ1) is 10.6. The van der Waals surface area contributed by atoms with Crippen molar-refractivity contribution in [3.8, 4) is 0 Å². The molecule has 1 aliphatic carbocycles. The molecule has 1 saturated carbocycles. The number of rotatable bonds is 7. The number of carbonyl (C=O) groups excluding carboxylic acids is 1. The van der Waals surface area contributed by atoms with Crippen molar-refractivity contribution in [3.63, 3.8) is 0 Å². The van der Waals surface area contributed by atoms with Crippen LogP contribution in [0.4, 0.5) is 0 Å². The first kappa shape index (κ1) is 15.0. The van der Waals surface area contributed by atoms with Crippen molar-refractivity contribution in [2.24, 2.45) is 0 Å². The lowest BCUT2D eigenvalue weighted by Gasteiger charge is -2.23. The van der Waals surface area contributed by atoms with Crippen LogP contribution in [-0.2, 0) is 9.53 Å². The molecule has 1 aliphatic heterocycles. The lowest BCUT2D eigenvalue weighted by molar-refractivity contribution is -0.137. The van der Waals surface area contributed by atoms with Crippen molar-refractivity contribution in [2.75, 3.05) is 19.7 Å². The van der Waals surface area contributed by atoms with E-state index < -0.39 is 5.97 Å². The Kier molecular flexibility index (Phi) is 4.42. The highest BCUT2D eigenvalue weighted by molar-refractivity contribution is 5.92. The lowest BCUT2D eigenvalue weighted by Crippen LogP contribution is -2.39. The molecule has 3 rings (SSSR count). The molecule has 1 atom stereocenters. The second-order valence-corrected chi connectivity index (χ2v) is 5.92. The summed E-state index contributed by atoms with van der Waals surface area (Å²) >= 11 is 0. The molecule has 1 amide bonds. The third kappa shape index (κ3) is 3.65. The monoisotopic (exact) mass is 308 g/mol. The number of aliphatic carboxylic acids is 1. The average Bonchev–Trinajstić information content (AvgIpc) is 3.02. The predicted molar refractivity (Wildman–Crippen MR) is 75.6 cm³/mol. The Bertz CT molecular complexity index is 546. The Balaban J connectivity index is 1.67. The van der Waals surface area contributed by atoms with Crippen molar-refractivity contribution in [1.82, 2.24) is 10.1 Å². The van der Waals surface area contributed by atoms with Crippen LogP contribution in [0, 0.1) is 0 Å². The van der Waals surface area contributed by atoms with Crippen LogP contribution in [0.25, 0.3) is 0 Å². The van der Waals surface area contributed by atoms with Crippen LogP contribution in [0.1, 0.15) is 54.3 Å². The highest BCUT2D eigenvalue weighted by atomic mass is 16.5. The van der Waals surface area contributed by atoms with Crippen LogP contribution in [-0.4, -0.2) is 52.8 Å². The van der Waals surface area contributed by atoms with Crippen LogP contribution in [0.2, 0.25) is 0 Å². The average molecular weight is 308 g/mol. The van der Waals surface area contributed by atoms with Gasteiger partial charge in [0.1, 0.15) is 5.76 Å². The molecule has 1 aromatic heterocycles. The van der Waals surface area contributed by atoms with E-state index in [2.05, 4.69) is 5.16 Å². The van der Waals surface area contributed by atoms with Gasteiger partial charge in [-0.05, 0) is 25.7 Å². The van der Waals surface area contributed by atoms with Crippen LogP contribution >= 0.6 is 0 Å². The molecule has 1 N–H and O–H groups in total. The maximum absolute atomic E-state index is 12.6. The summed E-state index contributed by atoms with van der Waals surface area (Å²) in [5.74, 6) is -0.0744. The van der Waals surface area contributed by atoms with E-state index in [1.807, 2.05) is 0 Å². The van der Waals surface area contributed by atoms with Crippen LogP contribution in [0.15, 0.2) is 10.6 Å². The second kappa shape index (κ2) is 6.48. The zero-order chi connectivity index (χ0) is 15.5. The Labute approximate surface area is 128 Å². The molecular formula is C15H20N2O5. The topological polar surface area (TPSA) is 92.9 Å². The molecule has 120 valence electrons. The Hall–Kier alpha value is -1.89. The Morgan fingerprint density at radius 2 is 2.18 bits per heavy atom. The molecule has 0 unspecified atom stereocenters. The SMILES string of the molecule is O=C(O)CCN(C[C@@H]1CCCO1)C(=O)c1cc(C2CC2)on1. The van der Waals surface area contributed by atoms with Crippen molar-refractivity contribution < 1.29 is 24.0 Å². The standard InChI is InChI=1S/C15H20N2O5/c18-14(19)5-6-17(9-11-2-1-7-21-11)15(20)12-8-13(22-16-12)10-3-4-10/h8,10-11H,1-7,9H2,(H,18,19)/t11-/m0/s1. The van der Waals surface area contributed by atoms with E-state index >= 15 is 0 Å². The maximum Gasteiger partial charge on any atom is 0.305 e. The Morgan fingerprint density at radius 1 is 1.36 bits per heavy atom. The van der Waals surface area contributed by atoms with Crippen molar-refractivity contribution in [2.45, 2.75) is 44.1 Å². The van der Waals surface area contributed by atoms with Gasteiger partial charge in [-0.2, -0.15) is 0 Å². The number of hydrogen-bond acceptors (Lipinski definition) is 5. The van der Waals surface area contributed by atoms with Gasteiger partial charge in [0.15, 0.2) is 5.69 Å². The summed E-state index contributed by atoms with van der Waals surface area (Å²) in [6.45, 7) is 1.25. The molecule has 7 heteroatoms. The minimum atomic E-state index is -0.927. The first-order valence-electron chi connectivity index (χ1n) is 7.73.